The van der Waals surface area contributed by atoms with Gasteiger partial charge >= 0.3 is 0 Å². The van der Waals surface area contributed by atoms with Crippen molar-refractivity contribution in [2.24, 2.45) is 0 Å². The predicted octanol–water partition coefficient (Wildman–Crippen LogP) is 6.26. The van der Waals surface area contributed by atoms with Crippen LogP contribution in [0.1, 0.15) is 38.4 Å². The van der Waals surface area contributed by atoms with Gasteiger partial charge in [-0.2, -0.15) is 0 Å². The Morgan fingerprint density at radius 2 is 1.73 bits per heavy atom. The van der Waals surface area contributed by atoms with E-state index in [4.69, 9.17) is 4.74 Å². The number of thiazole rings is 1. The smallest absolute Gasteiger partial charge is 0.257 e. The van der Waals surface area contributed by atoms with Gasteiger partial charge in [-0.3, -0.25) is 24.8 Å². The maximum atomic E-state index is 13.8. The summed E-state index contributed by atoms with van der Waals surface area (Å²) in [5.74, 6) is -0.853. The Morgan fingerprint density at radius 3 is 2.52 bits per heavy atom. The van der Waals surface area contributed by atoms with Crippen molar-refractivity contribution >= 4 is 81.3 Å². The molecule has 2 aliphatic heterocycles. The number of carbonyl (C=O) groups is 2. The van der Waals surface area contributed by atoms with Crippen molar-refractivity contribution in [2.45, 2.75) is 40.1 Å². The minimum atomic E-state index is -4.30. The van der Waals surface area contributed by atoms with Gasteiger partial charge in [-0.25, -0.2) is 26.8 Å². The van der Waals surface area contributed by atoms with E-state index in [0.29, 0.717) is 67.1 Å². The largest absolute Gasteiger partial charge is 0.380 e. The van der Waals surface area contributed by atoms with Gasteiger partial charge < -0.3 is 15.0 Å². The number of fused-ring (bicyclic) bond motifs is 2. The average molecular weight is 912 g/mol. The van der Waals surface area contributed by atoms with Crippen LogP contribution >= 0.6 is 23.1 Å². The number of benzene rings is 3. The van der Waals surface area contributed by atoms with Crippen molar-refractivity contribution in [3.8, 4) is 0 Å². The van der Waals surface area contributed by atoms with Crippen molar-refractivity contribution in [1.82, 2.24) is 19.9 Å². The maximum absolute atomic E-state index is 13.8. The first-order valence-corrected chi connectivity index (χ1v) is 25.4. The molecule has 2 N–H and O–H groups in total. The molecule has 1 atom stereocenters. The van der Waals surface area contributed by atoms with Gasteiger partial charge in [0.1, 0.15) is 17.3 Å². The summed E-state index contributed by atoms with van der Waals surface area (Å²) in [6.07, 6.45) is 5.73. The second-order valence-corrected chi connectivity index (χ2v) is 21.2. The molecule has 322 valence electrons. The van der Waals surface area contributed by atoms with E-state index in [-0.39, 0.29) is 27.4 Å². The molecule has 0 aliphatic carbocycles. The molecule has 1 amide bonds. The monoisotopic (exact) mass is 911 g/mol. The molecule has 0 spiro atoms. The van der Waals surface area contributed by atoms with Crippen LogP contribution in [0.2, 0.25) is 0 Å². The molecule has 3 aromatic carbocycles. The summed E-state index contributed by atoms with van der Waals surface area (Å²) < 4.78 is 60.5. The number of amides is 1. The lowest BCUT2D eigenvalue weighted by atomic mass is 9.94. The SMILES string of the molecule is CS(=O)(=O)c1cc(S(=O)(=O)CC(=O)c2cccc(N3CCc4cccc(C(=O)Nc5nc6ccncc6s5)c4C3)n2)ccc1N[C@H](CCN1CCOCC1)CSc1ccccc1. The third-order valence-electron chi connectivity index (χ3n) is 10.8. The standard InChI is InChI=1S/C44H45N7O7S4/c1-61(54,55)41-25-33(13-14-38(41)46-31(17-19-50-21-23-58-24-22-50)28-59-32-8-3-2-4-9-32)62(56,57)29-39(52)36-11-6-12-42(47-36)51-20-16-30-7-5-10-34(35(30)27-51)43(53)49-44-48-37-15-18-45-26-40(37)60-44/h2-15,18,25-26,31,46H,16-17,19-24,27-29H2,1H3,(H,48,49,53)/t31-/m1/s1. The summed E-state index contributed by atoms with van der Waals surface area (Å²) in [7, 11) is -8.21. The van der Waals surface area contributed by atoms with Crippen LogP contribution in [0.15, 0.2) is 118 Å². The summed E-state index contributed by atoms with van der Waals surface area (Å²) in [6, 6.07) is 26.0. The fraction of sp³-hybridized carbons (Fsp3) is 0.295. The van der Waals surface area contributed by atoms with E-state index in [1.54, 1.807) is 48.4 Å². The lowest BCUT2D eigenvalue weighted by Crippen LogP contribution is -2.39. The van der Waals surface area contributed by atoms with Crippen LogP contribution in [-0.4, -0.2) is 112 Å². The molecule has 0 saturated carbocycles. The number of rotatable bonds is 16. The highest BCUT2D eigenvalue weighted by atomic mass is 32.2. The molecule has 6 aromatic rings. The number of Topliss-reactive ketones (excluding diaryl/α,β-unsaturated/α-hetero) is 1. The summed E-state index contributed by atoms with van der Waals surface area (Å²) in [4.78, 5) is 45.3. The molecule has 8 rings (SSSR count). The molecule has 62 heavy (non-hydrogen) atoms. The first-order valence-electron chi connectivity index (χ1n) is 20.1. The van der Waals surface area contributed by atoms with E-state index in [2.05, 4.69) is 30.5 Å². The van der Waals surface area contributed by atoms with Crippen molar-refractivity contribution in [3.05, 3.63) is 126 Å². The Balaban J connectivity index is 0.965. The van der Waals surface area contributed by atoms with E-state index in [1.165, 1.54) is 29.5 Å². The van der Waals surface area contributed by atoms with Crippen LogP contribution in [0, 0.1) is 0 Å². The van der Waals surface area contributed by atoms with Crippen molar-refractivity contribution in [2.75, 3.05) is 72.7 Å². The molecule has 5 heterocycles. The lowest BCUT2D eigenvalue weighted by Gasteiger charge is -2.31. The third-order valence-corrected chi connectivity index (χ3v) is 15.6. The second-order valence-electron chi connectivity index (χ2n) is 15.1. The minimum absolute atomic E-state index is 0.0473. The number of nitrogens with zero attached hydrogens (tertiary/aromatic N) is 5. The number of hydrogen-bond donors (Lipinski definition) is 2. The molecule has 1 fully saturated rings. The minimum Gasteiger partial charge on any atom is -0.380 e. The number of aromatic nitrogens is 3. The number of anilines is 3. The number of ketones is 1. The Morgan fingerprint density at radius 1 is 0.919 bits per heavy atom. The van der Waals surface area contributed by atoms with Crippen LogP contribution < -0.4 is 15.5 Å². The topological polar surface area (TPSA) is 181 Å². The number of sulfone groups is 2. The summed E-state index contributed by atoms with van der Waals surface area (Å²) in [5.41, 5.74) is 3.32. The molecule has 0 radical (unpaired) electrons. The molecular weight excluding hydrogens is 867 g/mol. The Kier molecular flexibility index (Phi) is 13.3. The average Bonchev–Trinajstić information content (AvgIpc) is 3.69. The second kappa shape index (κ2) is 19.0. The molecule has 1 saturated heterocycles. The molecule has 3 aromatic heterocycles. The molecule has 18 heteroatoms. The molecule has 0 unspecified atom stereocenters. The highest BCUT2D eigenvalue weighted by molar-refractivity contribution is 7.99. The number of carbonyl (C=O) groups excluding carboxylic acids is 2. The van der Waals surface area contributed by atoms with Crippen LogP contribution in [0.4, 0.5) is 16.6 Å². The molecule has 14 nitrogen and oxygen atoms in total. The molecular formula is C44H45N7O7S4. The Bertz CT molecular complexity index is 2780. The third kappa shape index (κ3) is 10.5. The van der Waals surface area contributed by atoms with E-state index >= 15 is 0 Å². The zero-order valence-electron chi connectivity index (χ0n) is 33.9. The zero-order valence-corrected chi connectivity index (χ0v) is 37.2. The van der Waals surface area contributed by atoms with E-state index < -0.39 is 31.2 Å². The van der Waals surface area contributed by atoms with E-state index in [9.17, 15) is 26.4 Å². The van der Waals surface area contributed by atoms with Crippen LogP contribution in [0.3, 0.4) is 0 Å². The molecule has 0 bridgehead atoms. The van der Waals surface area contributed by atoms with Crippen molar-refractivity contribution in [1.29, 1.82) is 0 Å². The van der Waals surface area contributed by atoms with Crippen LogP contribution in [0.5, 0.6) is 0 Å². The normalized spacial score (nSPS) is 15.2. The van der Waals surface area contributed by atoms with E-state index in [0.717, 1.165) is 58.2 Å². The number of thioether (sulfide) groups is 1. The summed E-state index contributed by atoms with van der Waals surface area (Å²) in [6.45, 7) is 4.63. The van der Waals surface area contributed by atoms with Gasteiger partial charge in [0.15, 0.2) is 30.6 Å². The van der Waals surface area contributed by atoms with Crippen molar-refractivity contribution in [3.63, 3.8) is 0 Å². The number of nitrogens with one attached hydrogen (secondary N) is 2. The molecule has 2 aliphatic rings. The van der Waals surface area contributed by atoms with Crippen LogP contribution in [-0.2, 0) is 37.4 Å². The number of pyridine rings is 2. The summed E-state index contributed by atoms with van der Waals surface area (Å²) >= 11 is 2.99. The highest BCUT2D eigenvalue weighted by Crippen LogP contribution is 2.31. The maximum Gasteiger partial charge on any atom is 0.257 e. The Hall–Kier alpha value is -5.24. The predicted molar refractivity (Wildman–Crippen MR) is 243 cm³/mol. The lowest BCUT2D eigenvalue weighted by molar-refractivity contribution is 0.0370. The van der Waals surface area contributed by atoms with Gasteiger partial charge in [0.2, 0.25) is 0 Å². The number of morpholine rings is 1. The van der Waals surface area contributed by atoms with Gasteiger partial charge in [-0.05, 0) is 78.6 Å². The fourth-order valence-corrected chi connectivity index (χ4v) is 11.5. The number of ether oxygens (including phenoxy) is 1. The van der Waals surface area contributed by atoms with Gasteiger partial charge in [-0.1, -0.05) is 47.7 Å². The zero-order chi connectivity index (χ0) is 43.3. The summed E-state index contributed by atoms with van der Waals surface area (Å²) in [5, 5.41) is 6.80. The first kappa shape index (κ1) is 43.4. The number of hydrogen-bond acceptors (Lipinski definition) is 15. The quantitative estimate of drug-likeness (QED) is 0.0821. The van der Waals surface area contributed by atoms with Crippen LogP contribution in [0.25, 0.3) is 10.2 Å². The Labute approximate surface area is 369 Å². The van der Waals surface area contributed by atoms with Crippen molar-refractivity contribution < 1.29 is 31.2 Å². The van der Waals surface area contributed by atoms with Gasteiger partial charge in [0.05, 0.1) is 38.9 Å². The van der Waals surface area contributed by atoms with Gasteiger partial charge in [0, 0.05) is 73.6 Å². The van der Waals surface area contributed by atoms with E-state index in [1.807, 2.05) is 47.4 Å². The highest BCUT2D eigenvalue weighted by Gasteiger charge is 2.28. The van der Waals surface area contributed by atoms with Gasteiger partial charge in [-0.15, -0.1) is 11.8 Å². The van der Waals surface area contributed by atoms with Gasteiger partial charge in [0.25, 0.3) is 5.91 Å². The fourth-order valence-electron chi connectivity index (χ4n) is 7.49. The first-order chi connectivity index (χ1) is 29.9.